The number of carbonyl (C=O) groups is 3. The molecule has 2 amide bonds. The Labute approximate surface area is 206 Å². The predicted molar refractivity (Wildman–Crippen MR) is 131 cm³/mol. The van der Waals surface area contributed by atoms with E-state index in [4.69, 9.17) is 34.7 Å². The minimum absolute atomic E-state index is 0.0431. The van der Waals surface area contributed by atoms with Crippen LogP contribution in [0.4, 0.5) is 5.69 Å². The third kappa shape index (κ3) is 9.26. The highest BCUT2D eigenvalue weighted by molar-refractivity contribution is 6.34. The van der Waals surface area contributed by atoms with Gasteiger partial charge in [-0.05, 0) is 48.7 Å². The summed E-state index contributed by atoms with van der Waals surface area (Å²) in [7, 11) is 0. The first-order valence-electron chi connectivity index (χ1n) is 10.3. The van der Waals surface area contributed by atoms with Gasteiger partial charge in [-0.25, -0.2) is 10.2 Å². The molecule has 0 aliphatic rings. The fraction of sp³-hybridized carbons (Fsp3) is 0.273. The van der Waals surface area contributed by atoms with Gasteiger partial charge in [-0.3, -0.25) is 19.6 Å². The Morgan fingerprint density at radius 1 is 1.06 bits per heavy atom. The molecule has 12 heteroatoms. The van der Waals surface area contributed by atoms with Gasteiger partial charge in [0.2, 0.25) is 11.8 Å². The van der Waals surface area contributed by atoms with Gasteiger partial charge < -0.3 is 21.9 Å². The normalized spacial score (nSPS) is 11.4. The van der Waals surface area contributed by atoms with E-state index in [1.54, 1.807) is 48.5 Å². The highest BCUT2D eigenvalue weighted by atomic mass is 35.5. The number of guanidine groups is 1. The van der Waals surface area contributed by atoms with Crippen LogP contribution in [0, 0.1) is 0 Å². The molecule has 0 saturated carbocycles. The lowest BCUT2D eigenvalue weighted by molar-refractivity contribution is -0.154. The maximum atomic E-state index is 13.0. The van der Waals surface area contributed by atoms with Crippen LogP contribution in [0.25, 0.3) is 0 Å². The first-order chi connectivity index (χ1) is 16.2. The lowest BCUT2D eigenvalue weighted by Crippen LogP contribution is -2.53. The first kappa shape index (κ1) is 26.9. The zero-order valence-electron chi connectivity index (χ0n) is 18.2. The van der Waals surface area contributed by atoms with E-state index in [0.29, 0.717) is 27.7 Å². The Morgan fingerprint density at radius 3 is 2.29 bits per heavy atom. The number of aliphatic imine (C=N–C) groups is 1. The number of nitrogens with zero attached hydrogens (tertiary/aromatic N) is 2. The molecule has 2 aromatic carbocycles. The van der Waals surface area contributed by atoms with Crippen LogP contribution in [-0.4, -0.2) is 46.4 Å². The van der Waals surface area contributed by atoms with Crippen molar-refractivity contribution in [1.82, 2.24) is 10.4 Å². The number of anilines is 1. The summed E-state index contributed by atoms with van der Waals surface area (Å²) in [4.78, 5) is 41.2. The fourth-order valence-corrected chi connectivity index (χ4v) is 3.64. The number of hydrogen-bond acceptors (Lipinski definition) is 5. The second-order valence-corrected chi connectivity index (χ2v) is 8.14. The molecule has 10 nitrogen and oxygen atoms in total. The summed E-state index contributed by atoms with van der Waals surface area (Å²) in [6.07, 6.45) is -0.239. The zero-order chi connectivity index (χ0) is 25.1. The number of benzene rings is 2. The maximum absolute atomic E-state index is 13.0. The van der Waals surface area contributed by atoms with Crippen LogP contribution in [0.3, 0.4) is 0 Å². The van der Waals surface area contributed by atoms with Crippen LogP contribution in [-0.2, 0) is 20.9 Å². The second-order valence-electron chi connectivity index (χ2n) is 7.27. The maximum Gasteiger partial charge on any atom is 0.328 e. The molecule has 0 radical (unpaired) electrons. The van der Waals surface area contributed by atoms with Crippen molar-refractivity contribution in [2.45, 2.75) is 31.8 Å². The fourth-order valence-electron chi connectivity index (χ4n) is 3.07. The van der Waals surface area contributed by atoms with Gasteiger partial charge >= 0.3 is 5.97 Å². The van der Waals surface area contributed by atoms with E-state index < -0.39 is 30.2 Å². The van der Waals surface area contributed by atoms with E-state index in [-0.39, 0.29) is 25.5 Å². The monoisotopic (exact) mass is 508 g/mol. The summed E-state index contributed by atoms with van der Waals surface area (Å²) in [6, 6.07) is 12.1. The molecule has 2 aromatic rings. The number of halogens is 2. The Kier molecular flexibility index (Phi) is 10.6. The molecule has 0 bridgehead atoms. The van der Waals surface area contributed by atoms with Crippen LogP contribution in [0.5, 0.6) is 0 Å². The zero-order valence-corrected chi connectivity index (χ0v) is 19.7. The van der Waals surface area contributed by atoms with Crippen molar-refractivity contribution in [3.8, 4) is 0 Å². The summed E-state index contributed by atoms with van der Waals surface area (Å²) in [6.45, 7) is 0.233. The molecular formula is C22H26Cl2N6O4. The summed E-state index contributed by atoms with van der Waals surface area (Å²) < 4.78 is 0. The number of aliphatic carboxylic acids is 1. The van der Waals surface area contributed by atoms with E-state index in [2.05, 4.69) is 15.7 Å². The number of carboxylic acids is 1. The molecule has 0 spiro atoms. The van der Waals surface area contributed by atoms with Crippen molar-refractivity contribution in [3.05, 3.63) is 64.1 Å². The van der Waals surface area contributed by atoms with Crippen LogP contribution in [0.2, 0.25) is 10.0 Å². The largest absolute Gasteiger partial charge is 0.480 e. The molecule has 34 heavy (non-hydrogen) atoms. The molecule has 0 aromatic heterocycles. The summed E-state index contributed by atoms with van der Waals surface area (Å²) in [5.41, 5.74) is 14.5. The Hall–Kier alpha value is -3.34. The number of para-hydroxylation sites is 1. The van der Waals surface area contributed by atoms with Gasteiger partial charge in [0.15, 0.2) is 5.96 Å². The topological polar surface area (TPSA) is 163 Å². The Balaban J connectivity index is 2.17. The molecule has 0 unspecified atom stereocenters. The van der Waals surface area contributed by atoms with Crippen molar-refractivity contribution in [3.63, 3.8) is 0 Å². The summed E-state index contributed by atoms with van der Waals surface area (Å²) >= 11 is 12.0. The average molecular weight is 509 g/mol. The van der Waals surface area contributed by atoms with Crippen molar-refractivity contribution in [1.29, 1.82) is 0 Å². The van der Waals surface area contributed by atoms with E-state index in [1.165, 1.54) is 0 Å². The predicted octanol–water partition coefficient (Wildman–Crippen LogP) is 2.36. The van der Waals surface area contributed by atoms with Crippen molar-refractivity contribution < 1.29 is 19.5 Å². The molecule has 182 valence electrons. The van der Waals surface area contributed by atoms with E-state index in [0.717, 1.165) is 5.01 Å². The molecule has 0 saturated heterocycles. The summed E-state index contributed by atoms with van der Waals surface area (Å²) in [5.74, 6) is -2.68. The number of nitrogens with one attached hydrogen (secondary N) is 2. The quantitative estimate of drug-likeness (QED) is 0.0964. The van der Waals surface area contributed by atoms with Gasteiger partial charge in [0.1, 0.15) is 12.5 Å². The number of carboxylic acid groups (broad SMARTS) is 1. The molecule has 1 atom stereocenters. The molecule has 0 fully saturated rings. The average Bonchev–Trinajstić information content (AvgIpc) is 2.74. The highest BCUT2D eigenvalue weighted by Crippen LogP contribution is 2.19. The standard InChI is InChI=1S/C22H26Cl2N6O4/c23-15-9-14(10-16(24)11-15)13-28-30(18(21(33)34)7-4-8-27-22(25)26)20(32)12-19(31)29-17-5-2-1-3-6-17/h1-3,5-6,9-11,18,28H,4,7-8,12-13H2,(H,29,31)(H,33,34)(H4,25,26,27)/t18-/m0/s1. The number of hydrazine groups is 1. The lowest BCUT2D eigenvalue weighted by Gasteiger charge is -2.29. The molecule has 0 aliphatic heterocycles. The van der Waals surface area contributed by atoms with Gasteiger partial charge in [-0.2, -0.15) is 0 Å². The Morgan fingerprint density at radius 2 is 1.71 bits per heavy atom. The van der Waals surface area contributed by atoms with Gasteiger partial charge in [0.25, 0.3) is 0 Å². The van der Waals surface area contributed by atoms with Crippen LogP contribution in [0.15, 0.2) is 53.5 Å². The SMILES string of the molecule is NC(N)=NCCC[C@@H](C(=O)O)N(NCc1cc(Cl)cc(Cl)c1)C(=O)CC(=O)Nc1ccccc1. The van der Waals surface area contributed by atoms with Gasteiger partial charge in [-0.1, -0.05) is 41.4 Å². The Bertz CT molecular complexity index is 1010. The van der Waals surface area contributed by atoms with Crippen molar-refractivity contribution in [2.75, 3.05) is 11.9 Å². The highest BCUT2D eigenvalue weighted by Gasteiger charge is 2.30. The van der Waals surface area contributed by atoms with E-state index in [1.807, 2.05) is 0 Å². The van der Waals surface area contributed by atoms with E-state index in [9.17, 15) is 19.5 Å². The lowest BCUT2D eigenvalue weighted by atomic mass is 10.1. The first-order valence-corrected chi connectivity index (χ1v) is 11.0. The van der Waals surface area contributed by atoms with Crippen molar-refractivity contribution >= 4 is 52.6 Å². The molecule has 0 aliphatic carbocycles. The number of carbonyl (C=O) groups excluding carboxylic acids is 2. The minimum Gasteiger partial charge on any atom is -0.480 e. The minimum atomic E-state index is -1.28. The van der Waals surface area contributed by atoms with Gasteiger partial charge in [0, 0.05) is 28.8 Å². The molecule has 2 rings (SSSR count). The van der Waals surface area contributed by atoms with Crippen LogP contribution >= 0.6 is 23.2 Å². The number of rotatable bonds is 12. The van der Waals surface area contributed by atoms with Crippen molar-refractivity contribution in [2.24, 2.45) is 16.5 Å². The number of nitrogens with two attached hydrogens (primary N) is 2. The van der Waals surface area contributed by atoms with Gasteiger partial charge in [-0.15, -0.1) is 0 Å². The number of hydrogen-bond donors (Lipinski definition) is 5. The van der Waals surface area contributed by atoms with Gasteiger partial charge in [0.05, 0.1) is 0 Å². The molecule has 7 N–H and O–H groups in total. The smallest absolute Gasteiger partial charge is 0.328 e. The van der Waals surface area contributed by atoms with Crippen LogP contribution < -0.4 is 22.2 Å². The molecule has 0 heterocycles. The van der Waals surface area contributed by atoms with E-state index >= 15 is 0 Å². The third-order valence-electron chi connectivity index (χ3n) is 4.54. The summed E-state index contributed by atoms with van der Waals surface area (Å²) in [5, 5.41) is 14.1. The molecular weight excluding hydrogens is 483 g/mol. The number of amides is 2. The third-order valence-corrected chi connectivity index (χ3v) is 4.98. The van der Waals surface area contributed by atoms with Crippen LogP contribution in [0.1, 0.15) is 24.8 Å². The second kappa shape index (κ2) is 13.4.